The van der Waals surface area contributed by atoms with Crippen molar-refractivity contribution in [1.82, 2.24) is 10.5 Å². The molecule has 1 aliphatic rings. The van der Waals surface area contributed by atoms with Crippen molar-refractivity contribution in [3.8, 4) is 23.5 Å². The van der Waals surface area contributed by atoms with Crippen LogP contribution in [0.15, 0.2) is 59.1 Å². The Hall–Kier alpha value is -4.58. The topological polar surface area (TPSA) is 131 Å². The van der Waals surface area contributed by atoms with Crippen LogP contribution in [0.1, 0.15) is 34.0 Å². The summed E-state index contributed by atoms with van der Waals surface area (Å²) in [5, 5.41) is 17.2. The van der Waals surface area contributed by atoms with Crippen LogP contribution in [0.25, 0.3) is 11.1 Å². The molecule has 1 heterocycles. The molecule has 33 heavy (non-hydrogen) atoms. The van der Waals surface area contributed by atoms with Crippen LogP contribution < -0.4 is 10.6 Å². The molecule has 1 atom stereocenters. The fraction of sp³-hybridized carbons (Fsp3) is 0.167. The van der Waals surface area contributed by atoms with Gasteiger partial charge in [-0.25, -0.2) is 9.59 Å². The number of carboxylic acid groups (broad SMARTS) is 1. The normalized spacial score (nSPS) is 12.7. The second-order valence-corrected chi connectivity index (χ2v) is 7.30. The van der Waals surface area contributed by atoms with Gasteiger partial charge in [0.25, 0.3) is 5.91 Å². The Morgan fingerprint density at radius 3 is 2.36 bits per heavy atom. The number of aromatic nitrogens is 1. The standard InChI is InChI=1S/C24H19N3O6/c1-2-7-19(23(29)30)25-22(28)20-12-21(33-27-20)26-24(31)32-13-18-16-10-5-3-8-14(16)15-9-4-6-11-17(15)18/h1,3-6,8-12,18-19H,7,13H2,(H,25,28)(H,26,31)(H,29,30). The Labute approximate surface area is 188 Å². The zero-order chi connectivity index (χ0) is 23.4. The van der Waals surface area contributed by atoms with E-state index in [1.807, 2.05) is 48.5 Å². The minimum absolute atomic E-state index is 0.105. The molecule has 9 nitrogen and oxygen atoms in total. The van der Waals surface area contributed by atoms with Crippen LogP contribution in [0, 0.1) is 12.3 Å². The number of hydrogen-bond acceptors (Lipinski definition) is 6. The number of amides is 2. The zero-order valence-corrected chi connectivity index (χ0v) is 17.3. The van der Waals surface area contributed by atoms with Crippen molar-refractivity contribution in [3.63, 3.8) is 0 Å². The van der Waals surface area contributed by atoms with Crippen molar-refractivity contribution in [2.24, 2.45) is 0 Å². The molecule has 0 saturated carbocycles. The molecule has 2 amide bonds. The van der Waals surface area contributed by atoms with Gasteiger partial charge in [0.2, 0.25) is 5.88 Å². The summed E-state index contributed by atoms with van der Waals surface area (Å²) in [6.45, 7) is 0.105. The van der Waals surface area contributed by atoms with E-state index in [1.54, 1.807) is 0 Å². The molecule has 2 aromatic carbocycles. The Kier molecular flexibility index (Phi) is 6.09. The Morgan fingerprint density at radius 1 is 1.12 bits per heavy atom. The number of hydrogen-bond donors (Lipinski definition) is 3. The van der Waals surface area contributed by atoms with Crippen LogP contribution in [0.4, 0.5) is 10.7 Å². The SMILES string of the molecule is C#CCC(NC(=O)c1cc(NC(=O)OCC2c3ccccc3-c3ccccc32)on1)C(=O)O. The van der Waals surface area contributed by atoms with Crippen molar-refractivity contribution in [3.05, 3.63) is 71.4 Å². The maximum Gasteiger partial charge on any atom is 0.414 e. The maximum atomic E-state index is 12.3. The summed E-state index contributed by atoms with van der Waals surface area (Å²) in [4.78, 5) is 35.6. The largest absolute Gasteiger partial charge is 0.480 e. The Balaban J connectivity index is 1.37. The number of carbonyl (C=O) groups is 3. The van der Waals surface area contributed by atoms with Crippen molar-refractivity contribution < 1.29 is 28.8 Å². The highest BCUT2D eigenvalue weighted by molar-refractivity contribution is 5.96. The summed E-state index contributed by atoms with van der Waals surface area (Å²) in [7, 11) is 0. The third-order valence-electron chi connectivity index (χ3n) is 5.24. The van der Waals surface area contributed by atoms with Gasteiger partial charge in [-0.2, -0.15) is 0 Å². The van der Waals surface area contributed by atoms with Gasteiger partial charge < -0.3 is 19.7 Å². The highest BCUT2D eigenvalue weighted by Crippen LogP contribution is 2.44. The summed E-state index contributed by atoms with van der Waals surface area (Å²) >= 11 is 0. The zero-order valence-electron chi connectivity index (χ0n) is 17.3. The lowest BCUT2D eigenvalue weighted by Crippen LogP contribution is -2.40. The van der Waals surface area contributed by atoms with Gasteiger partial charge in [0.05, 0.1) is 0 Å². The molecule has 0 fully saturated rings. The Morgan fingerprint density at radius 2 is 1.76 bits per heavy atom. The van der Waals surface area contributed by atoms with E-state index < -0.39 is 24.0 Å². The highest BCUT2D eigenvalue weighted by Gasteiger charge is 2.29. The maximum absolute atomic E-state index is 12.3. The van der Waals surface area contributed by atoms with Gasteiger partial charge in [-0.1, -0.05) is 53.7 Å². The smallest absolute Gasteiger partial charge is 0.414 e. The van der Waals surface area contributed by atoms with E-state index in [4.69, 9.17) is 20.8 Å². The summed E-state index contributed by atoms with van der Waals surface area (Å²) in [5.41, 5.74) is 4.15. The van der Waals surface area contributed by atoms with Crippen LogP contribution in [0.2, 0.25) is 0 Å². The number of benzene rings is 2. The number of nitrogens with one attached hydrogen (secondary N) is 2. The average Bonchev–Trinajstić information content (AvgIpc) is 3.40. The number of rotatable bonds is 7. The van der Waals surface area contributed by atoms with Crippen LogP contribution in [0.5, 0.6) is 0 Å². The van der Waals surface area contributed by atoms with E-state index in [9.17, 15) is 14.4 Å². The number of nitrogens with zero attached hydrogens (tertiary/aromatic N) is 1. The van der Waals surface area contributed by atoms with Crippen molar-refractivity contribution >= 4 is 23.9 Å². The third-order valence-corrected chi connectivity index (χ3v) is 5.24. The van der Waals surface area contributed by atoms with Gasteiger partial charge in [-0.05, 0) is 22.3 Å². The molecule has 0 radical (unpaired) electrons. The molecule has 1 aromatic heterocycles. The summed E-state index contributed by atoms with van der Waals surface area (Å²) in [5.74, 6) is -0.138. The van der Waals surface area contributed by atoms with Gasteiger partial charge in [0.15, 0.2) is 5.69 Å². The molecule has 0 aliphatic heterocycles. The molecule has 4 rings (SSSR count). The van der Waals surface area contributed by atoms with Gasteiger partial charge in [-0.3, -0.25) is 10.1 Å². The predicted molar refractivity (Wildman–Crippen MR) is 118 cm³/mol. The summed E-state index contributed by atoms with van der Waals surface area (Å²) < 4.78 is 10.3. The lowest BCUT2D eigenvalue weighted by atomic mass is 9.98. The summed E-state index contributed by atoms with van der Waals surface area (Å²) in [6, 6.07) is 15.8. The van der Waals surface area contributed by atoms with Gasteiger partial charge in [-0.15, -0.1) is 12.3 Å². The number of anilines is 1. The van der Waals surface area contributed by atoms with E-state index in [2.05, 4.69) is 21.7 Å². The fourth-order valence-electron chi connectivity index (χ4n) is 3.73. The number of aliphatic carboxylic acids is 1. The second kappa shape index (κ2) is 9.28. The molecule has 0 spiro atoms. The van der Waals surface area contributed by atoms with Crippen molar-refractivity contribution in [1.29, 1.82) is 0 Å². The molecule has 3 aromatic rings. The predicted octanol–water partition coefficient (Wildman–Crippen LogP) is 3.24. The van der Waals surface area contributed by atoms with Gasteiger partial charge >= 0.3 is 12.1 Å². The lowest BCUT2D eigenvalue weighted by molar-refractivity contribution is -0.139. The second-order valence-electron chi connectivity index (χ2n) is 7.30. The van der Waals surface area contributed by atoms with E-state index in [0.717, 1.165) is 28.3 Å². The monoisotopic (exact) mass is 445 g/mol. The first-order valence-electron chi connectivity index (χ1n) is 10.0. The van der Waals surface area contributed by atoms with Crippen molar-refractivity contribution in [2.75, 3.05) is 11.9 Å². The van der Waals surface area contributed by atoms with Crippen LogP contribution in [-0.2, 0) is 9.53 Å². The Bertz CT molecular complexity index is 1210. The van der Waals surface area contributed by atoms with Crippen LogP contribution in [0.3, 0.4) is 0 Å². The molecule has 0 saturated heterocycles. The third kappa shape index (κ3) is 4.55. The number of fused-ring (bicyclic) bond motifs is 3. The lowest BCUT2D eigenvalue weighted by Gasteiger charge is -2.13. The summed E-state index contributed by atoms with van der Waals surface area (Å²) in [6.07, 6.45) is 4.13. The molecule has 166 valence electrons. The van der Waals surface area contributed by atoms with Gasteiger partial charge in [0, 0.05) is 18.4 Å². The van der Waals surface area contributed by atoms with Crippen LogP contribution >= 0.6 is 0 Å². The molecular formula is C24H19N3O6. The fourth-order valence-corrected chi connectivity index (χ4v) is 3.73. The highest BCUT2D eigenvalue weighted by atomic mass is 16.6. The average molecular weight is 445 g/mol. The van der Waals surface area contributed by atoms with E-state index in [1.165, 1.54) is 0 Å². The molecule has 3 N–H and O–H groups in total. The van der Waals surface area contributed by atoms with E-state index in [-0.39, 0.29) is 30.5 Å². The quantitative estimate of drug-likeness (QED) is 0.476. The van der Waals surface area contributed by atoms with Crippen LogP contribution in [-0.4, -0.2) is 40.9 Å². The van der Waals surface area contributed by atoms with E-state index >= 15 is 0 Å². The van der Waals surface area contributed by atoms with E-state index in [0.29, 0.717) is 0 Å². The molecule has 1 aliphatic carbocycles. The first-order valence-corrected chi connectivity index (χ1v) is 10.0. The minimum atomic E-state index is -1.28. The van der Waals surface area contributed by atoms with Crippen molar-refractivity contribution in [2.45, 2.75) is 18.4 Å². The molecule has 0 bridgehead atoms. The molecule has 1 unspecified atom stereocenters. The number of carbonyl (C=O) groups excluding carboxylic acids is 2. The van der Waals surface area contributed by atoms with Gasteiger partial charge in [0.1, 0.15) is 12.6 Å². The first-order chi connectivity index (χ1) is 16.0. The minimum Gasteiger partial charge on any atom is -0.480 e. The molecular weight excluding hydrogens is 426 g/mol. The molecule has 9 heteroatoms. The number of carboxylic acids is 1. The number of terminal acetylenes is 1. The number of ether oxygens (including phenoxy) is 1. The first kappa shape index (κ1) is 21.6.